The van der Waals surface area contributed by atoms with E-state index in [0.29, 0.717) is 12.3 Å². The number of carbonyl (C=O) groups excluding carboxylic acids is 1. The van der Waals surface area contributed by atoms with Crippen molar-refractivity contribution in [3.05, 3.63) is 0 Å². The van der Waals surface area contributed by atoms with Gasteiger partial charge in [0.1, 0.15) is 5.37 Å². The number of hydrogen-bond donors (Lipinski definition) is 1. The Morgan fingerprint density at radius 2 is 2.28 bits per heavy atom. The van der Waals surface area contributed by atoms with Gasteiger partial charge in [-0.2, -0.15) is 11.8 Å². The molecule has 5 nitrogen and oxygen atoms in total. The first-order valence-electron chi connectivity index (χ1n) is 6.39. The first kappa shape index (κ1) is 14.1. The maximum Gasteiger partial charge on any atom is 0.240 e. The average molecular weight is 292 g/mol. The maximum atomic E-state index is 12.4. The smallest absolute Gasteiger partial charge is 0.240 e. The summed E-state index contributed by atoms with van der Waals surface area (Å²) in [5, 5.41) is 2.52. The van der Waals surface area contributed by atoms with Crippen LogP contribution in [-0.2, 0) is 14.6 Å². The van der Waals surface area contributed by atoms with Crippen molar-refractivity contribution in [2.75, 3.05) is 30.3 Å². The summed E-state index contributed by atoms with van der Waals surface area (Å²) in [4.78, 5) is 13.9. The van der Waals surface area contributed by atoms with E-state index in [1.165, 1.54) is 0 Å². The molecule has 0 saturated carbocycles. The molecule has 0 aromatic carbocycles. The molecule has 2 aliphatic heterocycles. The predicted octanol–water partition coefficient (Wildman–Crippen LogP) is 0.0746. The highest BCUT2D eigenvalue weighted by atomic mass is 32.2. The molecule has 7 heteroatoms. The third-order valence-electron chi connectivity index (χ3n) is 3.54. The molecule has 2 aliphatic rings. The Hall–Kier alpha value is -0.270. The number of rotatable bonds is 3. The lowest BCUT2D eigenvalue weighted by molar-refractivity contribution is -0.133. The van der Waals surface area contributed by atoms with Crippen LogP contribution >= 0.6 is 11.8 Å². The molecule has 0 bridgehead atoms. The van der Waals surface area contributed by atoms with Crippen molar-refractivity contribution in [2.24, 2.45) is 0 Å². The van der Waals surface area contributed by atoms with Crippen molar-refractivity contribution < 1.29 is 13.2 Å². The highest BCUT2D eigenvalue weighted by molar-refractivity contribution is 8.01. The first-order valence-corrected chi connectivity index (χ1v) is 9.26. The molecule has 1 amide bonds. The van der Waals surface area contributed by atoms with Gasteiger partial charge in [0.05, 0.1) is 6.04 Å². The zero-order valence-electron chi connectivity index (χ0n) is 10.6. The van der Waals surface area contributed by atoms with Gasteiger partial charge in [-0.25, -0.2) is 8.42 Å². The molecular weight excluding hydrogens is 272 g/mol. The van der Waals surface area contributed by atoms with Gasteiger partial charge >= 0.3 is 0 Å². The Bertz CT molecular complexity index is 405. The van der Waals surface area contributed by atoms with Crippen LogP contribution in [0.15, 0.2) is 0 Å². The second-order valence-electron chi connectivity index (χ2n) is 4.66. The molecule has 2 rings (SSSR count). The van der Waals surface area contributed by atoms with Gasteiger partial charge in [-0.15, -0.1) is 0 Å². The van der Waals surface area contributed by atoms with Crippen LogP contribution in [-0.4, -0.2) is 61.0 Å². The lowest BCUT2D eigenvalue weighted by Gasteiger charge is -2.36. The van der Waals surface area contributed by atoms with E-state index in [-0.39, 0.29) is 17.7 Å². The van der Waals surface area contributed by atoms with E-state index in [1.807, 2.05) is 0 Å². The van der Waals surface area contributed by atoms with Gasteiger partial charge in [-0.3, -0.25) is 4.79 Å². The number of amides is 1. The predicted molar refractivity (Wildman–Crippen MR) is 73.3 cm³/mol. The van der Waals surface area contributed by atoms with E-state index in [2.05, 4.69) is 5.32 Å². The number of thioether (sulfide) groups is 1. The van der Waals surface area contributed by atoms with E-state index in [9.17, 15) is 13.2 Å². The average Bonchev–Trinajstić information content (AvgIpc) is 2.92. The molecule has 0 aromatic rings. The standard InChI is InChI=1S/C11H20N2O3S2/c1-2-18(15,16)10-8-17-7-6-13(10)11(14)9-4-3-5-12-9/h9-10,12H,2-8H2,1H3/t9-,10?/m0/s1. The Morgan fingerprint density at radius 3 is 2.89 bits per heavy atom. The largest absolute Gasteiger partial charge is 0.323 e. The molecule has 0 spiro atoms. The van der Waals surface area contributed by atoms with E-state index in [0.717, 1.165) is 25.1 Å². The quantitative estimate of drug-likeness (QED) is 0.798. The van der Waals surface area contributed by atoms with Crippen LogP contribution in [0.1, 0.15) is 19.8 Å². The second-order valence-corrected chi connectivity index (χ2v) is 8.26. The Kier molecular flexibility index (Phi) is 4.55. The van der Waals surface area contributed by atoms with E-state index < -0.39 is 15.2 Å². The number of nitrogens with zero attached hydrogens (tertiary/aromatic N) is 1. The third-order valence-corrected chi connectivity index (χ3v) is 6.83. The molecule has 2 atom stereocenters. The van der Waals surface area contributed by atoms with Crippen LogP contribution in [0, 0.1) is 0 Å². The third kappa shape index (κ3) is 2.83. The fourth-order valence-corrected chi connectivity index (χ4v) is 5.39. The summed E-state index contributed by atoms with van der Waals surface area (Å²) in [6.45, 7) is 3.04. The normalized spacial score (nSPS) is 29.5. The van der Waals surface area contributed by atoms with Crippen LogP contribution in [0.4, 0.5) is 0 Å². The Labute approximate surface area is 113 Å². The van der Waals surface area contributed by atoms with Gasteiger partial charge < -0.3 is 10.2 Å². The van der Waals surface area contributed by atoms with E-state index in [4.69, 9.17) is 0 Å². The van der Waals surface area contributed by atoms with Crippen molar-refractivity contribution in [3.8, 4) is 0 Å². The topological polar surface area (TPSA) is 66.5 Å². The van der Waals surface area contributed by atoms with Crippen molar-refractivity contribution in [1.29, 1.82) is 0 Å². The van der Waals surface area contributed by atoms with Crippen LogP contribution in [0.25, 0.3) is 0 Å². The summed E-state index contributed by atoms with van der Waals surface area (Å²) in [6, 6.07) is -0.178. The number of hydrogen-bond acceptors (Lipinski definition) is 5. The summed E-state index contributed by atoms with van der Waals surface area (Å²) in [7, 11) is -3.19. The molecule has 2 saturated heterocycles. The summed E-state index contributed by atoms with van der Waals surface area (Å²) < 4.78 is 24.1. The highest BCUT2D eigenvalue weighted by Gasteiger charge is 2.38. The van der Waals surface area contributed by atoms with Crippen molar-refractivity contribution >= 4 is 27.5 Å². The Morgan fingerprint density at radius 1 is 1.50 bits per heavy atom. The molecule has 0 aliphatic carbocycles. The van der Waals surface area contributed by atoms with Crippen molar-refractivity contribution in [3.63, 3.8) is 0 Å². The van der Waals surface area contributed by atoms with Gasteiger partial charge in [-0.1, -0.05) is 6.92 Å². The first-order chi connectivity index (χ1) is 8.56. The van der Waals surface area contributed by atoms with Gasteiger partial charge in [0, 0.05) is 23.8 Å². The fourth-order valence-electron chi connectivity index (χ4n) is 2.42. The Balaban J connectivity index is 2.15. The molecule has 2 fully saturated rings. The summed E-state index contributed by atoms with van der Waals surface area (Å²) in [6.07, 6.45) is 1.81. The van der Waals surface area contributed by atoms with Gasteiger partial charge in [0.2, 0.25) is 5.91 Å². The summed E-state index contributed by atoms with van der Waals surface area (Å²) in [5.74, 6) is 1.40. The minimum Gasteiger partial charge on any atom is -0.323 e. The molecule has 2 heterocycles. The van der Waals surface area contributed by atoms with Gasteiger partial charge in [-0.05, 0) is 19.4 Å². The molecule has 0 radical (unpaired) electrons. The van der Waals surface area contributed by atoms with Crippen LogP contribution in [0.2, 0.25) is 0 Å². The maximum absolute atomic E-state index is 12.4. The molecular formula is C11H20N2O3S2. The van der Waals surface area contributed by atoms with Crippen molar-refractivity contribution in [2.45, 2.75) is 31.2 Å². The van der Waals surface area contributed by atoms with Gasteiger partial charge in [0.25, 0.3) is 0 Å². The van der Waals surface area contributed by atoms with Crippen LogP contribution < -0.4 is 5.32 Å². The highest BCUT2D eigenvalue weighted by Crippen LogP contribution is 2.23. The molecule has 1 N–H and O–H groups in total. The summed E-state index contributed by atoms with van der Waals surface area (Å²) >= 11 is 1.62. The number of carbonyl (C=O) groups is 1. The SMILES string of the molecule is CCS(=O)(=O)C1CSCCN1C(=O)[C@@H]1CCCN1. The van der Waals surface area contributed by atoms with Gasteiger partial charge in [0.15, 0.2) is 9.84 Å². The molecule has 1 unspecified atom stereocenters. The summed E-state index contributed by atoms with van der Waals surface area (Å²) in [5.41, 5.74) is 0. The van der Waals surface area contributed by atoms with Crippen LogP contribution in [0.5, 0.6) is 0 Å². The monoisotopic (exact) mass is 292 g/mol. The molecule has 18 heavy (non-hydrogen) atoms. The van der Waals surface area contributed by atoms with Crippen LogP contribution in [0.3, 0.4) is 0 Å². The lowest BCUT2D eigenvalue weighted by atomic mass is 10.2. The zero-order valence-corrected chi connectivity index (χ0v) is 12.2. The fraction of sp³-hybridized carbons (Fsp3) is 0.909. The number of nitrogens with one attached hydrogen (secondary N) is 1. The second kappa shape index (κ2) is 5.79. The van der Waals surface area contributed by atoms with E-state index in [1.54, 1.807) is 23.6 Å². The zero-order chi connectivity index (χ0) is 13.2. The van der Waals surface area contributed by atoms with E-state index >= 15 is 0 Å². The molecule has 104 valence electrons. The minimum absolute atomic E-state index is 0.0326. The van der Waals surface area contributed by atoms with Crippen molar-refractivity contribution in [1.82, 2.24) is 10.2 Å². The molecule has 0 aromatic heterocycles. The minimum atomic E-state index is -3.19. The number of sulfone groups is 1. The lowest BCUT2D eigenvalue weighted by Crippen LogP contribution is -2.55.